The maximum absolute atomic E-state index is 13.1. The summed E-state index contributed by atoms with van der Waals surface area (Å²) in [7, 11) is 0. The van der Waals surface area contributed by atoms with Crippen molar-refractivity contribution in [1.29, 1.82) is 0 Å². The maximum atomic E-state index is 13.1. The minimum absolute atomic E-state index is 0.0752. The first-order chi connectivity index (χ1) is 15.0. The molecule has 0 aromatic carbocycles. The lowest BCUT2D eigenvalue weighted by Gasteiger charge is -2.35. The number of cyclic esters (lactones) is 1. The van der Waals surface area contributed by atoms with Gasteiger partial charge in [0.05, 0.1) is 12.1 Å². The molecule has 2 atom stereocenters. The number of nitrogens with zero attached hydrogens (tertiary/aromatic N) is 1. The topological polar surface area (TPSA) is 107 Å². The molecule has 2 fully saturated rings. The van der Waals surface area contributed by atoms with Crippen molar-refractivity contribution in [3.63, 3.8) is 0 Å². The molecular weight excluding hydrogens is 412 g/mol. The number of esters is 1. The number of hydrogen-bond donors (Lipinski definition) is 2. The van der Waals surface area contributed by atoms with Crippen LogP contribution in [0.5, 0.6) is 5.75 Å². The Bertz CT molecular complexity index is 818. The predicted molar refractivity (Wildman–Crippen MR) is 118 cm³/mol. The van der Waals surface area contributed by atoms with Crippen molar-refractivity contribution >= 4 is 12.1 Å². The van der Waals surface area contributed by atoms with Gasteiger partial charge in [0.2, 0.25) is 5.79 Å². The van der Waals surface area contributed by atoms with Crippen LogP contribution in [-0.4, -0.2) is 45.7 Å². The number of nitrogens with one attached hydrogen (secondary N) is 1. The summed E-state index contributed by atoms with van der Waals surface area (Å²) in [5, 5.41) is 11.9. The van der Waals surface area contributed by atoms with E-state index < -0.39 is 29.5 Å². The first kappa shape index (κ1) is 24.3. The third-order valence-corrected chi connectivity index (χ3v) is 6.18. The minimum atomic E-state index is -1.52. The Morgan fingerprint density at radius 3 is 2.56 bits per heavy atom. The third kappa shape index (κ3) is 5.91. The van der Waals surface area contributed by atoms with Gasteiger partial charge in [-0.25, -0.2) is 9.59 Å². The maximum Gasteiger partial charge on any atom is 0.404 e. The van der Waals surface area contributed by atoms with Gasteiger partial charge in [0.1, 0.15) is 5.75 Å². The van der Waals surface area contributed by atoms with Gasteiger partial charge in [-0.2, -0.15) is 0 Å². The molecule has 3 rings (SSSR count). The Kier molecular flexibility index (Phi) is 7.32. The molecule has 0 bridgehead atoms. The quantitative estimate of drug-likeness (QED) is 0.571. The summed E-state index contributed by atoms with van der Waals surface area (Å²) in [5.41, 5.74) is -0.930. The number of amides is 1. The smallest absolute Gasteiger partial charge is 0.404 e. The van der Waals surface area contributed by atoms with Crippen LogP contribution < -0.4 is 10.1 Å². The fourth-order valence-corrected chi connectivity index (χ4v) is 4.68. The fourth-order valence-electron chi connectivity index (χ4n) is 4.68. The highest BCUT2D eigenvalue weighted by Crippen LogP contribution is 2.39. The molecule has 1 saturated carbocycles. The Morgan fingerprint density at radius 1 is 1.31 bits per heavy atom. The minimum Gasteiger partial charge on any atom is -0.490 e. The molecule has 1 amide bonds. The molecule has 2 aliphatic rings. The van der Waals surface area contributed by atoms with E-state index in [4.69, 9.17) is 14.2 Å². The number of pyridine rings is 1. The van der Waals surface area contributed by atoms with E-state index in [1.54, 1.807) is 20.0 Å². The van der Waals surface area contributed by atoms with Gasteiger partial charge in [-0.3, -0.25) is 4.98 Å². The van der Waals surface area contributed by atoms with Gasteiger partial charge in [-0.05, 0) is 50.0 Å². The summed E-state index contributed by atoms with van der Waals surface area (Å²) in [5.74, 6) is -0.200. The lowest BCUT2D eigenvalue weighted by atomic mass is 9.84. The summed E-state index contributed by atoms with van der Waals surface area (Å²) in [6, 6.07) is 2.84. The predicted octanol–water partition coefficient (Wildman–Crippen LogP) is 4.31. The van der Waals surface area contributed by atoms with E-state index in [9.17, 15) is 14.7 Å². The summed E-state index contributed by atoms with van der Waals surface area (Å²) in [4.78, 5) is 29.1. The molecular formula is C24H36N2O6. The lowest BCUT2D eigenvalue weighted by molar-refractivity contribution is -0.170. The van der Waals surface area contributed by atoms with E-state index in [0.29, 0.717) is 17.9 Å². The zero-order chi connectivity index (χ0) is 23.5. The average molecular weight is 449 g/mol. The van der Waals surface area contributed by atoms with Crippen molar-refractivity contribution in [3.8, 4) is 5.75 Å². The van der Waals surface area contributed by atoms with Crippen LogP contribution >= 0.6 is 0 Å². The average Bonchev–Trinajstić information content (AvgIpc) is 2.91. The molecule has 8 heteroatoms. The normalized spacial score (nSPS) is 28.2. The zero-order valence-electron chi connectivity index (χ0n) is 19.7. The largest absolute Gasteiger partial charge is 0.490 e. The second-order valence-corrected chi connectivity index (χ2v) is 10.1. The van der Waals surface area contributed by atoms with E-state index in [1.165, 1.54) is 0 Å². The van der Waals surface area contributed by atoms with E-state index in [-0.39, 0.29) is 18.4 Å². The molecule has 1 saturated heterocycles. The number of aromatic nitrogens is 1. The van der Waals surface area contributed by atoms with Gasteiger partial charge in [0.25, 0.3) is 0 Å². The van der Waals surface area contributed by atoms with Gasteiger partial charge in [-0.15, -0.1) is 0 Å². The third-order valence-electron chi connectivity index (χ3n) is 6.18. The molecule has 1 unspecified atom stereocenters. The number of rotatable bonds is 8. The van der Waals surface area contributed by atoms with Crippen LogP contribution in [0.25, 0.3) is 0 Å². The van der Waals surface area contributed by atoms with Gasteiger partial charge >= 0.3 is 12.1 Å². The summed E-state index contributed by atoms with van der Waals surface area (Å²) in [6.45, 7) is 9.50. The molecule has 0 radical (unpaired) electrons. The second-order valence-electron chi connectivity index (χ2n) is 10.1. The summed E-state index contributed by atoms with van der Waals surface area (Å²) in [6.07, 6.45) is 5.43. The Labute approximate surface area is 190 Å². The van der Waals surface area contributed by atoms with Crippen LogP contribution in [0.1, 0.15) is 72.4 Å². The second kappa shape index (κ2) is 9.65. The van der Waals surface area contributed by atoms with Crippen LogP contribution in [0.2, 0.25) is 0 Å². The van der Waals surface area contributed by atoms with Crippen molar-refractivity contribution in [3.05, 3.63) is 24.0 Å². The Hall–Kier alpha value is -2.35. The number of carbonyl (C=O) groups excluding carboxylic acids is 1. The molecule has 2 heterocycles. The number of carbonyl (C=O) groups is 2. The molecule has 1 aromatic rings. The standard InChI is InChI=1S/C24H36N2O6/c1-15(2)12-20(26-22(28)29)24(21(27)31-23(4,5)32-24)14-17-13-19(10-11-25-17)30-18-8-6-16(3)7-9-18/h10-11,13,15-16,18,20,26H,6-9,12,14H2,1-5H3,(H,28,29)/t16-,18-,20?,24-/m0/s1. The van der Waals surface area contributed by atoms with Crippen molar-refractivity contribution in [1.82, 2.24) is 10.3 Å². The van der Waals surface area contributed by atoms with Gasteiger partial charge in [0, 0.05) is 38.2 Å². The summed E-state index contributed by atoms with van der Waals surface area (Å²) < 4.78 is 17.8. The van der Waals surface area contributed by atoms with Crippen LogP contribution in [0.4, 0.5) is 4.79 Å². The molecule has 0 spiro atoms. The molecule has 2 N–H and O–H groups in total. The Balaban J connectivity index is 1.87. The highest BCUT2D eigenvalue weighted by atomic mass is 16.8. The van der Waals surface area contributed by atoms with Crippen molar-refractivity contribution in [2.45, 2.75) is 96.7 Å². The van der Waals surface area contributed by atoms with E-state index in [0.717, 1.165) is 31.6 Å². The molecule has 178 valence electrons. The van der Waals surface area contributed by atoms with E-state index in [2.05, 4.69) is 17.2 Å². The number of hydrogen-bond acceptors (Lipinski definition) is 6. The van der Waals surface area contributed by atoms with Crippen LogP contribution in [0, 0.1) is 11.8 Å². The van der Waals surface area contributed by atoms with Crippen LogP contribution in [0.3, 0.4) is 0 Å². The Morgan fingerprint density at radius 2 is 2.00 bits per heavy atom. The van der Waals surface area contributed by atoms with E-state index in [1.807, 2.05) is 26.0 Å². The highest BCUT2D eigenvalue weighted by molar-refractivity contribution is 5.84. The van der Waals surface area contributed by atoms with E-state index >= 15 is 0 Å². The summed E-state index contributed by atoms with van der Waals surface area (Å²) >= 11 is 0. The lowest BCUT2D eigenvalue weighted by Crippen LogP contribution is -2.58. The molecule has 32 heavy (non-hydrogen) atoms. The molecule has 1 aromatic heterocycles. The molecule has 1 aliphatic heterocycles. The van der Waals surface area contributed by atoms with Crippen LogP contribution in [-0.2, 0) is 20.7 Å². The van der Waals surface area contributed by atoms with Gasteiger partial charge in [0.15, 0.2) is 5.60 Å². The van der Waals surface area contributed by atoms with Crippen molar-refractivity contribution in [2.24, 2.45) is 11.8 Å². The molecule has 8 nitrogen and oxygen atoms in total. The van der Waals surface area contributed by atoms with Gasteiger partial charge < -0.3 is 24.6 Å². The SMILES string of the molecule is CC(C)CC(NC(=O)O)[C@]1(Cc2cc(O[C@H]3CC[C@H](C)CC3)ccn2)OC(C)(C)OC1=O. The number of ether oxygens (including phenoxy) is 3. The first-order valence-corrected chi connectivity index (χ1v) is 11.5. The van der Waals surface area contributed by atoms with Crippen LogP contribution in [0.15, 0.2) is 18.3 Å². The number of carboxylic acid groups (broad SMARTS) is 1. The van der Waals surface area contributed by atoms with Crippen molar-refractivity contribution < 1.29 is 28.9 Å². The van der Waals surface area contributed by atoms with Gasteiger partial charge in [-0.1, -0.05) is 20.8 Å². The monoisotopic (exact) mass is 448 g/mol. The molecule has 1 aliphatic carbocycles. The zero-order valence-corrected chi connectivity index (χ0v) is 19.7. The first-order valence-electron chi connectivity index (χ1n) is 11.5. The fraction of sp³-hybridized carbons (Fsp3) is 0.708. The van der Waals surface area contributed by atoms with Crippen molar-refractivity contribution in [2.75, 3.05) is 0 Å². The highest BCUT2D eigenvalue weighted by Gasteiger charge is 2.59.